The number of rotatable bonds is 8. The number of hydrogen-bond acceptors (Lipinski definition) is 4. The van der Waals surface area contributed by atoms with Gasteiger partial charge in [-0.2, -0.15) is 0 Å². The maximum absolute atomic E-state index is 12.3. The number of amides is 3. The molecule has 7 nitrogen and oxygen atoms in total. The highest BCUT2D eigenvalue weighted by atomic mass is 16.5. The van der Waals surface area contributed by atoms with Crippen molar-refractivity contribution in [2.24, 2.45) is 5.92 Å². The Labute approximate surface area is 182 Å². The fourth-order valence-electron chi connectivity index (χ4n) is 3.34. The van der Waals surface area contributed by atoms with Gasteiger partial charge in [0.15, 0.2) is 6.61 Å². The van der Waals surface area contributed by atoms with Crippen LogP contribution in [0.5, 0.6) is 5.75 Å². The van der Waals surface area contributed by atoms with E-state index in [9.17, 15) is 14.4 Å². The van der Waals surface area contributed by atoms with Crippen LogP contribution in [-0.4, -0.2) is 37.4 Å². The molecule has 1 aliphatic rings. The number of carbonyl (C=O) groups excluding carboxylic acids is 3. The second-order valence-electron chi connectivity index (χ2n) is 7.57. The Hall–Kier alpha value is -3.61. The average Bonchev–Trinajstić information content (AvgIpc) is 3.15. The number of nitrogens with zero attached hydrogens (tertiary/aromatic N) is 1. The molecule has 2 aromatic carbocycles. The van der Waals surface area contributed by atoms with Crippen LogP contribution in [0.3, 0.4) is 0 Å². The van der Waals surface area contributed by atoms with Crippen LogP contribution in [0.15, 0.2) is 55.1 Å². The third-order valence-corrected chi connectivity index (χ3v) is 5.23. The third-order valence-electron chi connectivity index (χ3n) is 5.23. The smallest absolute Gasteiger partial charge is 0.262 e. The minimum atomic E-state index is -0.377. The van der Waals surface area contributed by atoms with E-state index in [2.05, 4.69) is 17.2 Å². The number of benzene rings is 2. The summed E-state index contributed by atoms with van der Waals surface area (Å²) in [6.07, 6.45) is 1.78. The van der Waals surface area contributed by atoms with Gasteiger partial charge in [-0.3, -0.25) is 14.4 Å². The molecule has 0 spiro atoms. The fourth-order valence-corrected chi connectivity index (χ4v) is 3.34. The zero-order valence-corrected chi connectivity index (χ0v) is 17.8. The van der Waals surface area contributed by atoms with Crippen molar-refractivity contribution in [2.45, 2.75) is 20.3 Å². The number of hydrogen-bond donors (Lipinski definition) is 2. The van der Waals surface area contributed by atoms with E-state index in [-0.39, 0.29) is 36.7 Å². The molecule has 3 amide bonds. The van der Waals surface area contributed by atoms with Gasteiger partial charge in [0.25, 0.3) is 5.91 Å². The SMILES string of the molecule is C=CCNC(=O)[C@H]1CC(=O)N(c2ccc(OCC(=O)Nc3ccc(C)c(C)c3)cc2)C1. The molecule has 3 rings (SSSR count). The van der Waals surface area contributed by atoms with Crippen LogP contribution < -0.4 is 20.3 Å². The Morgan fingerprint density at radius 2 is 1.90 bits per heavy atom. The maximum atomic E-state index is 12.3. The summed E-state index contributed by atoms with van der Waals surface area (Å²) in [5.74, 6) is -0.357. The van der Waals surface area contributed by atoms with Gasteiger partial charge in [0.1, 0.15) is 5.75 Å². The molecule has 2 aromatic rings. The molecule has 1 heterocycles. The van der Waals surface area contributed by atoms with Crippen molar-refractivity contribution in [3.63, 3.8) is 0 Å². The minimum Gasteiger partial charge on any atom is -0.484 e. The molecule has 0 bridgehead atoms. The monoisotopic (exact) mass is 421 g/mol. The lowest BCUT2D eigenvalue weighted by Crippen LogP contribution is -2.32. The van der Waals surface area contributed by atoms with Crippen molar-refractivity contribution < 1.29 is 19.1 Å². The van der Waals surface area contributed by atoms with Crippen molar-refractivity contribution in [1.29, 1.82) is 0 Å². The first-order valence-corrected chi connectivity index (χ1v) is 10.2. The molecule has 0 aromatic heterocycles. The van der Waals surface area contributed by atoms with Gasteiger partial charge in [-0.15, -0.1) is 6.58 Å². The molecule has 2 N–H and O–H groups in total. The fraction of sp³-hybridized carbons (Fsp3) is 0.292. The zero-order valence-electron chi connectivity index (χ0n) is 17.8. The Kier molecular flexibility index (Phi) is 7.07. The summed E-state index contributed by atoms with van der Waals surface area (Å²) >= 11 is 0. The molecule has 31 heavy (non-hydrogen) atoms. The van der Waals surface area contributed by atoms with Crippen molar-refractivity contribution in [3.8, 4) is 5.75 Å². The van der Waals surface area contributed by atoms with Crippen LogP contribution in [0.2, 0.25) is 0 Å². The molecule has 0 radical (unpaired) electrons. The van der Waals surface area contributed by atoms with E-state index in [1.54, 1.807) is 35.2 Å². The normalized spacial score (nSPS) is 15.5. The Bertz CT molecular complexity index is 985. The van der Waals surface area contributed by atoms with Gasteiger partial charge in [-0.1, -0.05) is 12.1 Å². The lowest BCUT2D eigenvalue weighted by atomic mass is 10.1. The highest BCUT2D eigenvalue weighted by molar-refractivity contribution is 6.00. The van der Waals surface area contributed by atoms with Crippen molar-refractivity contribution >= 4 is 29.1 Å². The molecule has 0 saturated carbocycles. The van der Waals surface area contributed by atoms with Crippen molar-refractivity contribution in [1.82, 2.24) is 5.32 Å². The predicted octanol–water partition coefficient (Wildman–Crippen LogP) is 2.98. The number of aryl methyl sites for hydroxylation is 2. The molecule has 162 valence electrons. The van der Waals surface area contributed by atoms with E-state index in [1.807, 2.05) is 32.0 Å². The van der Waals surface area contributed by atoms with Gasteiger partial charge in [0.05, 0.1) is 5.92 Å². The zero-order chi connectivity index (χ0) is 22.4. The molecule has 7 heteroatoms. The standard InChI is InChI=1S/C24H27N3O4/c1-4-11-25-24(30)18-13-23(29)27(14-18)20-7-9-21(10-8-20)31-15-22(28)26-19-6-5-16(2)17(3)12-19/h4-10,12,18H,1,11,13-15H2,2-3H3,(H,25,30)(H,26,28)/t18-/m0/s1. The summed E-state index contributed by atoms with van der Waals surface area (Å²) in [7, 11) is 0. The van der Waals surface area contributed by atoms with Crippen LogP contribution in [0.1, 0.15) is 17.5 Å². The number of nitrogens with one attached hydrogen (secondary N) is 2. The van der Waals surface area contributed by atoms with Crippen molar-refractivity contribution in [3.05, 3.63) is 66.2 Å². The van der Waals surface area contributed by atoms with Gasteiger partial charge in [0, 0.05) is 30.9 Å². The van der Waals surface area contributed by atoms with E-state index in [0.29, 0.717) is 24.5 Å². The first kappa shape index (κ1) is 22.1. The second-order valence-corrected chi connectivity index (χ2v) is 7.57. The summed E-state index contributed by atoms with van der Waals surface area (Å²) in [4.78, 5) is 38.2. The van der Waals surface area contributed by atoms with Gasteiger partial charge in [0.2, 0.25) is 11.8 Å². The molecule has 1 atom stereocenters. The second kappa shape index (κ2) is 9.93. The summed E-state index contributed by atoms with van der Waals surface area (Å²) < 4.78 is 5.55. The van der Waals surface area contributed by atoms with E-state index < -0.39 is 0 Å². The predicted molar refractivity (Wildman–Crippen MR) is 120 cm³/mol. The number of ether oxygens (including phenoxy) is 1. The summed E-state index contributed by atoms with van der Waals surface area (Å²) in [5.41, 5.74) is 3.68. The molecule has 1 saturated heterocycles. The highest BCUT2D eigenvalue weighted by Gasteiger charge is 2.34. The van der Waals surface area contributed by atoms with Crippen LogP contribution in [0, 0.1) is 19.8 Å². The van der Waals surface area contributed by atoms with Gasteiger partial charge in [-0.25, -0.2) is 0 Å². The molecule has 1 fully saturated rings. The Morgan fingerprint density at radius 1 is 1.16 bits per heavy atom. The molecule has 0 unspecified atom stereocenters. The lowest BCUT2D eigenvalue weighted by molar-refractivity contribution is -0.126. The third kappa shape index (κ3) is 5.72. The maximum Gasteiger partial charge on any atom is 0.262 e. The van der Waals surface area contributed by atoms with Crippen LogP contribution in [-0.2, 0) is 14.4 Å². The molecular weight excluding hydrogens is 394 g/mol. The first-order valence-electron chi connectivity index (χ1n) is 10.2. The van der Waals surface area contributed by atoms with E-state index in [4.69, 9.17) is 4.74 Å². The summed E-state index contributed by atoms with van der Waals surface area (Å²) in [6, 6.07) is 12.6. The average molecular weight is 421 g/mol. The number of carbonyl (C=O) groups is 3. The molecular formula is C24H27N3O4. The van der Waals surface area contributed by atoms with Crippen LogP contribution in [0.4, 0.5) is 11.4 Å². The highest BCUT2D eigenvalue weighted by Crippen LogP contribution is 2.27. The van der Waals surface area contributed by atoms with Crippen LogP contribution >= 0.6 is 0 Å². The molecule has 0 aliphatic carbocycles. The summed E-state index contributed by atoms with van der Waals surface area (Å²) in [6.45, 7) is 8.17. The first-order chi connectivity index (χ1) is 14.9. The largest absolute Gasteiger partial charge is 0.484 e. The van der Waals surface area contributed by atoms with Gasteiger partial charge in [-0.05, 0) is 61.4 Å². The van der Waals surface area contributed by atoms with Gasteiger partial charge < -0.3 is 20.3 Å². The van der Waals surface area contributed by atoms with E-state index in [1.165, 1.54) is 0 Å². The van der Waals surface area contributed by atoms with Gasteiger partial charge >= 0.3 is 0 Å². The quantitative estimate of drug-likeness (QED) is 0.642. The van der Waals surface area contributed by atoms with Crippen molar-refractivity contribution in [2.75, 3.05) is 29.9 Å². The van der Waals surface area contributed by atoms with E-state index >= 15 is 0 Å². The van der Waals surface area contributed by atoms with E-state index in [0.717, 1.165) is 16.8 Å². The topological polar surface area (TPSA) is 87.7 Å². The Morgan fingerprint density at radius 3 is 2.58 bits per heavy atom. The van der Waals surface area contributed by atoms with Crippen LogP contribution in [0.25, 0.3) is 0 Å². The molecule has 1 aliphatic heterocycles. The number of anilines is 2. The Balaban J connectivity index is 1.52. The summed E-state index contributed by atoms with van der Waals surface area (Å²) in [5, 5.41) is 5.54. The minimum absolute atomic E-state index is 0.0970. The lowest BCUT2D eigenvalue weighted by Gasteiger charge is -2.17.